The van der Waals surface area contributed by atoms with Crippen LogP contribution in [0.2, 0.25) is 0 Å². The van der Waals surface area contributed by atoms with Gasteiger partial charge >= 0.3 is 0 Å². The maximum Gasteiger partial charge on any atom is 0.109 e. The third kappa shape index (κ3) is 0.779. The average Bonchev–Trinajstić information content (AvgIpc) is 2.17. The Labute approximate surface area is 59.6 Å². The van der Waals surface area contributed by atoms with Gasteiger partial charge in [0.1, 0.15) is 12.2 Å². The molecule has 2 fully saturated rings. The molecule has 0 spiro atoms. The minimum atomic E-state index is -0.632. The summed E-state index contributed by atoms with van der Waals surface area (Å²) in [6.07, 6.45) is 1.43. The summed E-state index contributed by atoms with van der Waals surface area (Å²) in [6, 6.07) is 0. The van der Waals surface area contributed by atoms with E-state index in [-0.39, 0.29) is 12.2 Å². The molecule has 3 heteroatoms. The van der Waals surface area contributed by atoms with Crippen molar-refractivity contribution in [2.75, 3.05) is 0 Å². The van der Waals surface area contributed by atoms with Crippen LogP contribution in [0.25, 0.3) is 0 Å². The van der Waals surface area contributed by atoms with Crippen LogP contribution in [0, 0.1) is 0 Å². The Hall–Kier alpha value is -0.120. The van der Waals surface area contributed by atoms with Crippen molar-refractivity contribution in [1.82, 2.24) is 0 Å². The Balaban J connectivity index is 2.13. The zero-order valence-electron chi connectivity index (χ0n) is 5.73. The summed E-state index contributed by atoms with van der Waals surface area (Å²) in [5.74, 6) is 0. The molecule has 0 radical (unpaired) electrons. The first kappa shape index (κ1) is 6.58. The van der Waals surface area contributed by atoms with Crippen molar-refractivity contribution in [2.45, 2.75) is 43.7 Å². The second-order valence-electron chi connectivity index (χ2n) is 3.13. The van der Waals surface area contributed by atoms with Crippen molar-refractivity contribution in [2.24, 2.45) is 0 Å². The smallest absolute Gasteiger partial charge is 0.109 e. The summed E-state index contributed by atoms with van der Waals surface area (Å²) in [4.78, 5) is 0. The van der Waals surface area contributed by atoms with Gasteiger partial charge in [0.05, 0.1) is 12.2 Å². The molecule has 4 unspecified atom stereocenters. The number of fused-ring (bicyclic) bond motifs is 2. The Morgan fingerprint density at radius 3 is 1.90 bits per heavy atom. The molecule has 0 aromatic carbocycles. The van der Waals surface area contributed by atoms with Crippen molar-refractivity contribution >= 4 is 0 Å². The third-order valence-corrected chi connectivity index (χ3v) is 2.44. The van der Waals surface area contributed by atoms with Crippen molar-refractivity contribution in [3.63, 3.8) is 0 Å². The summed E-state index contributed by atoms with van der Waals surface area (Å²) < 4.78 is 5.32. The molecule has 0 aromatic rings. The SMILES string of the molecule is OC1C2CCCC(O2)C1O. The molecule has 2 aliphatic rings. The van der Waals surface area contributed by atoms with Crippen LogP contribution in [0.5, 0.6) is 0 Å². The Kier molecular flexibility index (Phi) is 1.44. The first-order valence-corrected chi connectivity index (χ1v) is 3.80. The van der Waals surface area contributed by atoms with Gasteiger partial charge in [0, 0.05) is 0 Å². The number of aliphatic hydroxyl groups is 2. The molecule has 0 amide bonds. The zero-order valence-corrected chi connectivity index (χ0v) is 5.73. The molecule has 3 nitrogen and oxygen atoms in total. The van der Waals surface area contributed by atoms with Crippen LogP contribution in [0.1, 0.15) is 19.3 Å². The lowest BCUT2D eigenvalue weighted by Gasteiger charge is -2.19. The molecule has 4 atom stereocenters. The zero-order chi connectivity index (χ0) is 7.14. The molecule has 2 bridgehead atoms. The highest BCUT2D eigenvalue weighted by molar-refractivity contribution is 4.93. The van der Waals surface area contributed by atoms with Gasteiger partial charge in [0.2, 0.25) is 0 Å². The largest absolute Gasteiger partial charge is 0.388 e. The summed E-state index contributed by atoms with van der Waals surface area (Å²) >= 11 is 0. The van der Waals surface area contributed by atoms with E-state index in [4.69, 9.17) is 4.74 Å². The summed E-state index contributed by atoms with van der Waals surface area (Å²) in [7, 11) is 0. The number of ether oxygens (including phenoxy) is 1. The second-order valence-corrected chi connectivity index (χ2v) is 3.13. The minimum absolute atomic E-state index is 0.0891. The van der Waals surface area contributed by atoms with E-state index in [0.29, 0.717) is 0 Å². The normalized spacial score (nSPS) is 53.4. The summed E-state index contributed by atoms with van der Waals surface area (Å²) in [6.45, 7) is 0. The fourth-order valence-electron chi connectivity index (χ4n) is 1.82. The molecule has 0 aromatic heterocycles. The van der Waals surface area contributed by atoms with Crippen LogP contribution in [-0.4, -0.2) is 34.6 Å². The van der Waals surface area contributed by atoms with E-state index in [1.165, 1.54) is 0 Å². The molecule has 10 heavy (non-hydrogen) atoms. The molecule has 2 rings (SSSR count). The molecule has 0 aliphatic carbocycles. The minimum Gasteiger partial charge on any atom is -0.388 e. The second kappa shape index (κ2) is 2.19. The van der Waals surface area contributed by atoms with Crippen molar-refractivity contribution < 1.29 is 14.9 Å². The van der Waals surface area contributed by atoms with Crippen LogP contribution in [0.3, 0.4) is 0 Å². The predicted octanol–water partition coefficient (Wildman–Crippen LogP) is -0.340. The van der Waals surface area contributed by atoms with Gasteiger partial charge in [0.25, 0.3) is 0 Å². The van der Waals surface area contributed by atoms with Crippen molar-refractivity contribution in [3.8, 4) is 0 Å². The van der Waals surface area contributed by atoms with Crippen LogP contribution in [0.15, 0.2) is 0 Å². The maximum atomic E-state index is 9.29. The van der Waals surface area contributed by atoms with Gasteiger partial charge in [0.15, 0.2) is 0 Å². The Morgan fingerprint density at radius 1 is 1.00 bits per heavy atom. The monoisotopic (exact) mass is 144 g/mol. The molecule has 2 saturated heterocycles. The lowest BCUT2D eigenvalue weighted by atomic mass is 10.1. The molecular formula is C7H12O3. The fourth-order valence-corrected chi connectivity index (χ4v) is 1.82. The van der Waals surface area contributed by atoms with Crippen LogP contribution < -0.4 is 0 Å². The first-order chi connectivity index (χ1) is 4.79. The summed E-state index contributed by atoms with van der Waals surface area (Å²) in [5.41, 5.74) is 0. The van der Waals surface area contributed by atoms with Gasteiger partial charge in [-0.1, -0.05) is 0 Å². The van der Waals surface area contributed by atoms with E-state index in [1.54, 1.807) is 0 Å². The number of hydrogen-bond acceptors (Lipinski definition) is 3. The van der Waals surface area contributed by atoms with Gasteiger partial charge in [-0.25, -0.2) is 0 Å². The van der Waals surface area contributed by atoms with E-state index in [1.807, 2.05) is 0 Å². The van der Waals surface area contributed by atoms with Crippen molar-refractivity contribution in [1.29, 1.82) is 0 Å². The number of rotatable bonds is 0. The van der Waals surface area contributed by atoms with Gasteiger partial charge in [-0.3, -0.25) is 0 Å². The Morgan fingerprint density at radius 2 is 1.50 bits per heavy atom. The molecule has 0 saturated carbocycles. The molecule has 2 N–H and O–H groups in total. The lowest BCUT2D eigenvalue weighted by molar-refractivity contribution is -0.0269. The maximum absolute atomic E-state index is 9.29. The highest BCUT2D eigenvalue weighted by Crippen LogP contribution is 2.32. The van der Waals surface area contributed by atoms with E-state index in [2.05, 4.69) is 0 Å². The molecule has 2 heterocycles. The highest BCUT2D eigenvalue weighted by atomic mass is 16.5. The van der Waals surface area contributed by atoms with Crippen LogP contribution in [-0.2, 0) is 4.74 Å². The van der Waals surface area contributed by atoms with E-state index < -0.39 is 12.2 Å². The Bertz CT molecular complexity index is 119. The van der Waals surface area contributed by atoms with Gasteiger partial charge in [-0.05, 0) is 19.3 Å². The molecule has 2 aliphatic heterocycles. The van der Waals surface area contributed by atoms with Gasteiger partial charge < -0.3 is 14.9 Å². The van der Waals surface area contributed by atoms with E-state index >= 15 is 0 Å². The van der Waals surface area contributed by atoms with E-state index in [9.17, 15) is 10.2 Å². The van der Waals surface area contributed by atoms with E-state index in [0.717, 1.165) is 19.3 Å². The third-order valence-electron chi connectivity index (χ3n) is 2.44. The lowest BCUT2D eigenvalue weighted by Crippen LogP contribution is -2.30. The van der Waals surface area contributed by atoms with Gasteiger partial charge in [-0.2, -0.15) is 0 Å². The molecular weight excluding hydrogens is 132 g/mol. The molecule has 58 valence electrons. The quantitative estimate of drug-likeness (QED) is 0.489. The summed E-state index contributed by atoms with van der Waals surface area (Å²) in [5, 5.41) is 18.6. The number of aliphatic hydroxyl groups excluding tert-OH is 2. The standard InChI is InChI=1S/C7H12O3/c8-6-4-2-1-3-5(10-4)7(6)9/h4-9H,1-3H2. The van der Waals surface area contributed by atoms with Crippen molar-refractivity contribution in [3.05, 3.63) is 0 Å². The highest BCUT2D eigenvalue weighted by Gasteiger charge is 2.44. The fraction of sp³-hybridized carbons (Fsp3) is 1.00. The average molecular weight is 144 g/mol. The van der Waals surface area contributed by atoms with Crippen LogP contribution in [0.4, 0.5) is 0 Å². The van der Waals surface area contributed by atoms with Gasteiger partial charge in [-0.15, -0.1) is 0 Å². The number of hydrogen-bond donors (Lipinski definition) is 2. The van der Waals surface area contributed by atoms with Crippen LogP contribution >= 0.6 is 0 Å². The predicted molar refractivity (Wildman–Crippen MR) is 34.5 cm³/mol. The first-order valence-electron chi connectivity index (χ1n) is 3.80. The topological polar surface area (TPSA) is 49.7 Å².